The number of carbonyl (C=O) groups is 2. The first-order chi connectivity index (χ1) is 9.47. The highest BCUT2D eigenvalue weighted by Gasteiger charge is 2.34. The van der Waals surface area contributed by atoms with Crippen LogP contribution in [0.4, 0.5) is 5.82 Å². The van der Waals surface area contributed by atoms with E-state index in [1.54, 1.807) is 4.90 Å². The number of rotatable bonds is 3. The summed E-state index contributed by atoms with van der Waals surface area (Å²) in [6.45, 7) is 6.24. The Labute approximate surface area is 118 Å². The zero-order valence-electron chi connectivity index (χ0n) is 12.1. The van der Waals surface area contributed by atoms with Gasteiger partial charge in [0.1, 0.15) is 11.9 Å². The first-order valence-corrected chi connectivity index (χ1v) is 6.75. The molecule has 1 atom stereocenters. The van der Waals surface area contributed by atoms with Crippen molar-refractivity contribution in [3.8, 4) is 0 Å². The predicted octanol–water partition coefficient (Wildman–Crippen LogP) is 0.399. The fourth-order valence-electron chi connectivity index (χ4n) is 2.63. The average Bonchev–Trinajstić information content (AvgIpc) is 2.37. The number of carbonyl (C=O) groups excluding carboxylic acids is 2. The van der Waals surface area contributed by atoms with Crippen molar-refractivity contribution in [1.29, 1.82) is 0 Å². The highest BCUT2D eigenvalue weighted by Crippen LogP contribution is 2.26. The van der Waals surface area contributed by atoms with E-state index < -0.39 is 0 Å². The van der Waals surface area contributed by atoms with Gasteiger partial charge in [-0.3, -0.25) is 14.9 Å². The summed E-state index contributed by atoms with van der Waals surface area (Å²) in [6.07, 6.45) is 0.609. The van der Waals surface area contributed by atoms with Gasteiger partial charge < -0.3 is 10.6 Å². The minimum Gasteiger partial charge on any atom is -0.335 e. The number of imide groups is 1. The first kappa shape index (κ1) is 14.5. The van der Waals surface area contributed by atoms with Crippen molar-refractivity contribution in [3.05, 3.63) is 22.9 Å². The van der Waals surface area contributed by atoms with Gasteiger partial charge in [-0.2, -0.15) is 0 Å². The molecule has 1 unspecified atom stereocenters. The van der Waals surface area contributed by atoms with Gasteiger partial charge in [0, 0.05) is 17.8 Å². The SMILES string of the molecule is CCC1C(=O)NC(=O)CN1c1nc(C)cc(C)c1CN. The lowest BCUT2D eigenvalue weighted by Gasteiger charge is -2.35. The lowest BCUT2D eigenvalue weighted by atomic mass is 10.0. The van der Waals surface area contributed by atoms with Crippen LogP contribution in [0.1, 0.15) is 30.2 Å². The zero-order chi connectivity index (χ0) is 14.9. The van der Waals surface area contributed by atoms with Crippen molar-refractivity contribution in [2.75, 3.05) is 11.4 Å². The van der Waals surface area contributed by atoms with Crippen molar-refractivity contribution in [3.63, 3.8) is 0 Å². The van der Waals surface area contributed by atoms with Crippen LogP contribution in [0, 0.1) is 13.8 Å². The number of piperazine rings is 1. The topological polar surface area (TPSA) is 88.3 Å². The highest BCUT2D eigenvalue weighted by molar-refractivity contribution is 6.04. The molecule has 6 heteroatoms. The fourth-order valence-corrected chi connectivity index (χ4v) is 2.63. The summed E-state index contributed by atoms with van der Waals surface area (Å²) in [6, 6.07) is 1.57. The summed E-state index contributed by atoms with van der Waals surface area (Å²) in [4.78, 5) is 29.9. The molecule has 108 valence electrons. The quantitative estimate of drug-likeness (QED) is 0.780. The van der Waals surface area contributed by atoms with Gasteiger partial charge in [0.25, 0.3) is 0 Å². The molecule has 0 saturated carbocycles. The predicted molar refractivity (Wildman–Crippen MR) is 76.2 cm³/mol. The van der Waals surface area contributed by atoms with Crippen LogP contribution in [0.15, 0.2) is 6.07 Å². The maximum atomic E-state index is 12.0. The third-order valence-electron chi connectivity index (χ3n) is 3.57. The zero-order valence-corrected chi connectivity index (χ0v) is 12.1. The molecule has 1 fully saturated rings. The molecule has 0 aromatic carbocycles. The van der Waals surface area contributed by atoms with E-state index >= 15 is 0 Å². The van der Waals surface area contributed by atoms with Crippen LogP contribution in [0.2, 0.25) is 0 Å². The van der Waals surface area contributed by atoms with Crippen LogP contribution in [0.5, 0.6) is 0 Å². The standard InChI is InChI=1S/C14H20N4O2/c1-4-11-14(20)17-12(19)7-18(11)13-10(6-15)8(2)5-9(3)16-13/h5,11H,4,6-7,15H2,1-3H3,(H,17,19,20). The molecule has 2 amide bonds. The molecule has 0 radical (unpaired) electrons. The fraction of sp³-hybridized carbons (Fsp3) is 0.500. The van der Waals surface area contributed by atoms with Gasteiger partial charge in [0.2, 0.25) is 11.8 Å². The molecule has 2 heterocycles. The number of hydrogen-bond acceptors (Lipinski definition) is 5. The van der Waals surface area contributed by atoms with Crippen molar-refractivity contribution < 1.29 is 9.59 Å². The van der Waals surface area contributed by atoms with Crippen LogP contribution in [-0.2, 0) is 16.1 Å². The molecule has 1 aliphatic rings. The Kier molecular flexibility index (Phi) is 4.04. The second-order valence-electron chi connectivity index (χ2n) is 5.05. The Morgan fingerprint density at radius 3 is 2.75 bits per heavy atom. The smallest absolute Gasteiger partial charge is 0.249 e. The summed E-state index contributed by atoms with van der Waals surface area (Å²) in [5.41, 5.74) is 8.58. The second-order valence-corrected chi connectivity index (χ2v) is 5.05. The molecule has 1 aliphatic heterocycles. The van der Waals surface area contributed by atoms with E-state index in [-0.39, 0.29) is 24.4 Å². The first-order valence-electron chi connectivity index (χ1n) is 6.75. The van der Waals surface area contributed by atoms with E-state index in [1.165, 1.54) is 0 Å². The average molecular weight is 276 g/mol. The third-order valence-corrected chi connectivity index (χ3v) is 3.57. The van der Waals surface area contributed by atoms with Gasteiger partial charge in [-0.1, -0.05) is 6.92 Å². The maximum absolute atomic E-state index is 12.0. The third kappa shape index (κ3) is 2.51. The van der Waals surface area contributed by atoms with Crippen molar-refractivity contribution >= 4 is 17.6 Å². The van der Waals surface area contributed by atoms with Crippen molar-refractivity contribution in [2.24, 2.45) is 5.73 Å². The van der Waals surface area contributed by atoms with Gasteiger partial charge in [-0.15, -0.1) is 0 Å². The van der Waals surface area contributed by atoms with E-state index in [1.807, 2.05) is 26.8 Å². The van der Waals surface area contributed by atoms with E-state index in [2.05, 4.69) is 10.3 Å². The minimum atomic E-state index is -0.383. The molecule has 0 spiro atoms. The van der Waals surface area contributed by atoms with Gasteiger partial charge in [0.15, 0.2) is 0 Å². The van der Waals surface area contributed by atoms with Gasteiger partial charge in [-0.25, -0.2) is 4.98 Å². The van der Waals surface area contributed by atoms with Crippen molar-refractivity contribution in [1.82, 2.24) is 10.3 Å². The van der Waals surface area contributed by atoms with E-state index in [4.69, 9.17) is 5.73 Å². The molecule has 1 saturated heterocycles. The lowest BCUT2D eigenvalue weighted by molar-refractivity contribution is -0.132. The largest absolute Gasteiger partial charge is 0.335 e. The lowest BCUT2D eigenvalue weighted by Crippen LogP contribution is -2.58. The van der Waals surface area contributed by atoms with Crippen LogP contribution < -0.4 is 16.0 Å². The Balaban J connectivity index is 2.52. The number of nitrogens with one attached hydrogen (secondary N) is 1. The molecular weight excluding hydrogens is 256 g/mol. The van der Waals surface area contributed by atoms with Crippen LogP contribution in [0.3, 0.4) is 0 Å². The monoisotopic (exact) mass is 276 g/mol. The van der Waals surface area contributed by atoms with E-state index in [9.17, 15) is 9.59 Å². The molecule has 3 N–H and O–H groups in total. The molecular formula is C14H20N4O2. The Morgan fingerprint density at radius 1 is 1.45 bits per heavy atom. The molecule has 6 nitrogen and oxygen atoms in total. The van der Waals surface area contributed by atoms with E-state index in [0.29, 0.717) is 18.8 Å². The number of aromatic nitrogens is 1. The second kappa shape index (κ2) is 5.58. The summed E-state index contributed by atoms with van der Waals surface area (Å²) < 4.78 is 0. The van der Waals surface area contributed by atoms with Crippen LogP contribution >= 0.6 is 0 Å². The van der Waals surface area contributed by atoms with Crippen LogP contribution in [0.25, 0.3) is 0 Å². The number of amides is 2. The molecule has 0 aliphatic carbocycles. The highest BCUT2D eigenvalue weighted by atomic mass is 16.2. The number of aryl methyl sites for hydroxylation is 2. The molecule has 20 heavy (non-hydrogen) atoms. The summed E-state index contributed by atoms with van der Waals surface area (Å²) in [7, 11) is 0. The molecule has 1 aromatic rings. The number of hydrogen-bond donors (Lipinski definition) is 2. The van der Waals surface area contributed by atoms with Gasteiger partial charge >= 0.3 is 0 Å². The Morgan fingerprint density at radius 2 is 2.15 bits per heavy atom. The molecule has 1 aromatic heterocycles. The Hall–Kier alpha value is -1.95. The summed E-state index contributed by atoms with van der Waals surface area (Å²) >= 11 is 0. The van der Waals surface area contributed by atoms with E-state index in [0.717, 1.165) is 16.8 Å². The number of pyridine rings is 1. The number of nitrogens with two attached hydrogens (primary N) is 1. The van der Waals surface area contributed by atoms with Crippen LogP contribution in [-0.4, -0.2) is 29.4 Å². The van der Waals surface area contributed by atoms with Gasteiger partial charge in [0.05, 0.1) is 6.54 Å². The number of anilines is 1. The normalized spacial score (nSPS) is 19.2. The van der Waals surface area contributed by atoms with Crippen molar-refractivity contribution in [2.45, 2.75) is 39.8 Å². The minimum absolute atomic E-state index is 0.132. The maximum Gasteiger partial charge on any atom is 0.249 e. The van der Waals surface area contributed by atoms with Gasteiger partial charge in [-0.05, 0) is 31.9 Å². The summed E-state index contributed by atoms with van der Waals surface area (Å²) in [5.74, 6) is 0.0800. The Bertz CT molecular complexity index is 556. The molecule has 2 rings (SSSR count). The summed E-state index contributed by atoms with van der Waals surface area (Å²) in [5, 5.41) is 2.37. The number of nitrogens with zero attached hydrogens (tertiary/aromatic N) is 2. The molecule has 0 bridgehead atoms.